The molecule has 3 aromatic rings. The van der Waals surface area contributed by atoms with Crippen LogP contribution in [0.4, 0.5) is 5.13 Å². The fourth-order valence-corrected chi connectivity index (χ4v) is 6.35. The first-order valence-corrected chi connectivity index (χ1v) is 11.9. The van der Waals surface area contributed by atoms with Crippen molar-refractivity contribution in [2.75, 3.05) is 18.8 Å². The molecule has 2 aromatic heterocycles. The van der Waals surface area contributed by atoms with E-state index in [9.17, 15) is 4.79 Å². The molecule has 0 saturated carbocycles. The Hall–Kier alpha value is -2.97. The number of benzene rings is 1. The highest BCUT2D eigenvalue weighted by Crippen LogP contribution is 2.44. The lowest BCUT2D eigenvalue weighted by Crippen LogP contribution is -2.56. The van der Waals surface area contributed by atoms with Crippen LogP contribution in [-0.4, -0.2) is 39.8 Å². The molecule has 4 aliphatic heterocycles. The summed E-state index contributed by atoms with van der Waals surface area (Å²) in [6.07, 6.45) is 8.74. The van der Waals surface area contributed by atoms with Crippen LogP contribution in [-0.2, 0) is 11.2 Å². The number of carbonyl (C=O) groups excluding carboxylic acids is 1. The molecule has 7 nitrogen and oxygen atoms in total. The number of nitrogens with two attached hydrogens (primary N) is 1. The second-order valence-corrected chi connectivity index (χ2v) is 9.96. The molecule has 3 fully saturated rings. The van der Waals surface area contributed by atoms with Crippen LogP contribution < -0.4 is 5.73 Å². The smallest absolute Gasteiger partial charge is 0.188 e. The monoisotopic (exact) mass is 444 g/mol. The molecule has 2 bridgehead atoms. The lowest BCUT2D eigenvalue weighted by molar-refractivity contribution is -0.116. The summed E-state index contributed by atoms with van der Waals surface area (Å²) < 4.78 is 0.965. The number of azo groups is 1. The van der Waals surface area contributed by atoms with Crippen LogP contribution in [0.3, 0.4) is 0 Å². The van der Waals surface area contributed by atoms with Gasteiger partial charge in [0.1, 0.15) is 0 Å². The molecule has 2 N–H and O–H groups in total. The second-order valence-electron chi connectivity index (χ2n) is 8.90. The second kappa shape index (κ2) is 7.86. The van der Waals surface area contributed by atoms with Crippen molar-refractivity contribution in [3.8, 4) is 0 Å². The number of thiazole rings is 1. The Labute approximate surface area is 190 Å². The maximum absolute atomic E-state index is 13.2. The molecule has 162 valence electrons. The van der Waals surface area contributed by atoms with Gasteiger partial charge in [-0.2, -0.15) is 10.2 Å². The number of ketones is 1. The number of hydrogen-bond acceptors (Lipinski definition) is 8. The van der Waals surface area contributed by atoms with Gasteiger partial charge >= 0.3 is 0 Å². The van der Waals surface area contributed by atoms with Crippen molar-refractivity contribution in [3.63, 3.8) is 0 Å². The number of fused-ring (bicyclic) bond motifs is 4. The largest absolute Gasteiger partial charge is 0.375 e. The molecule has 3 atom stereocenters. The summed E-state index contributed by atoms with van der Waals surface area (Å²) in [5.41, 5.74) is 9.58. The summed E-state index contributed by atoms with van der Waals surface area (Å²) in [6, 6.07) is 9.62. The van der Waals surface area contributed by atoms with Gasteiger partial charge in [-0.3, -0.25) is 14.7 Å². The third kappa shape index (κ3) is 3.43. The first-order valence-electron chi connectivity index (χ1n) is 11.1. The summed E-state index contributed by atoms with van der Waals surface area (Å²) in [4.78, 5) is 24.3. The van der Waals surface area contributed by atoms with E-state index in [0.29, 0.717) is 17.1 Å². The summed E-state index contributed by atoms with van der Waals surface area (Å²) in [7, 11) is 0. The average Bonchev–Trinajstić information content (AvgIpc) is 3.19. The van der Waals surface area contributed by atoms with E-state index in [1.807, 2.05) is 36.7 Å². The third-order valence-corrected chi connectivity index (χ3v) is 7.92. The van der Waals surface area contributed by atoms with Gasteiger partial charge in [-0.05, 0) is 67.6 Å². The SMILES string of the molecule is Nc1nc2ccc(C3N=NC(C4C5CCN(CC5)C4Cc4cccnc4)=CC3=O)cc2s1. The molecular formula is C24H24N6OS. The van der Waals surface area contributed by atoms with Crippen LogP contribution in [0.25, 0.3) is 10.2 Å². The van der Waals surface area contributed by atoms with Crippen LogP contribution in [0, 0.1) is 11.8 Å². The predicted octanol–water partition coefficient (Wildman–Crippen LogP) is 4.19. The molecule has 0 radical (unpaired) electrons. The van der Waals surface area contributed by atoms with Crippen LogP contribution >= 0.6 is 11.3 Å². The van der Waals surface area contributed by atoms with Crippen LogP contribution in [0.5, 0.6) is 0 Å². The molecule has 6 heterocycles. The first-order chi connectivity index (χ1) is 15.7. The number of nitrogens with zero attached hydrogens (tertiary/aromatic N) is 5. The molecule has 8 heteroatoms. The van der Waals surface area contributed by atoms with Gasteiger partial charge in [-0.15, -0.1) is 0 Å². The fourth-order valence-electron chi connectivity index (χ4n) is 5.56. The van der Waals surface area contributed by atoms with E-state index < -0.39 is 6.04 Å². The van der Waals surface area contributed by atoms with Crippen molar-refractivity contribution in [1.82, 2.24) is 14.9 Å². The van der Waals surface area contributed by atoms with E-state index in [1.54, 1.807) is 6.08 Å². The first kappa shape index (κ1) is 19.7. The standard InChI is InChI=1S/C24H24N6OS/c25-24-27-17-4-3-16(11-21(17)32-24)23-20(31)12-18(28-29-23)22-15-5-8-30(9-6-15)19(22)10-14-2-1-7-26-13-14/h1-4,7,11-13,15,19,22-23H,5-6,8-10H2,(H2,25,27). The van der Waals surface area contributed by atoms with Crippen molar-refractivity contribution in [3.05, 3.63) is 65.6 Å². The lowest BCUT2D eigenvalue weighted by atomic mass is 9.70. The van der Waals surface area contributed by atoms with Gasteiger partial charge in [0.2, 0.25) is 0 Å². The quantitative estimate of drug-likeness (QED) is 0.651. The molecule has 0 amide bonds. The highest BCUT2D eigenvalue weighted by molar-refractivity contribution is 7.22. The van der Waals surface area contributed by atoms with E-state index in [0.717, 1.165) is 53.8 Å². The Morgan fingerprint density at radius 1 is 1.19 bits per heavy atom. The number of anilines is 1. The van der Waals surface area contributed by atoms with Crippen molar-refractivity contribution < 1.29 is 4.79 Å². The van der Waals surface area contributed by atoms with E-state index in [-0.39, 0.29) is 11.7 Å². The highest BCUT2D eigenvalue weighted by atomic mass is 32.1. The molecule has 0 spiro atoms. The number of carbonyl (C=O) groups is 1. The number of rotatable bonds is 4. The molecule has 3 unspecified atom stereocenters. The Morgan fingerprint density at radius 2 is 2.06 bits per heavy atom. The van der Waals surface area contributed by atoms with Crippen LogP contribution in [0.1, 0.15) is 30.0 Å². The zero-order valence-corrected chi connectivity index (χ0v) is 18.4. The van der Waals surface area contributed by atoms with Crippen LogP contribution in [0.15, 0.2) is 64.7 Å². The molecular weight excluding hydrogens is 420 g/mol. The summed E-state index contributed by atoms with van der Waals surface area (Å²) in [6.45, 7) is 2.23. The minimum atomic E-state index is -0.593. The topological polar surface area (TPSA) is 96.8 Å². The number of nitrogen functional groups attached to an aromatic ring is 1. The van der Waals surface area contributed by atoms with Crippen LogP contribution in [0.2, 0.25) is 0 Å². The third-order valence-electron chi connectivity index (χ3n) is 7.07. The zero-order chi connectivity index (χ0) is 21.7. The van der Waals surface area contributed by atoms with Gasteiger partial charge in [0.25, 0.3) is 0 Å². The van der Waals surface area contributed by atoms with E-state index in [2.05, 4.69) is 31.2 Å². The van der Waals surface area contributed by atoms with Gasteiger partial charge in [-0.1, -0.05) is 23.5 Å². The highest BCUT2D eigenvalue weighted by Gasteiger charge is 2.45. The lowest BCUT2D eigenvalue weighted by Gasteiger charge is -2.51. The number of hydrogen-bond donors (Lipinski definition) is 1. The van der Waals surface area contributed by atoms with Gasteiger partial charge < -0.3 is 5.73 Å². The molecule has 4 aliphatic rings. The predicted molar refractivity (Wildman–Crippen MR) is 124 cm³/mol. The average molecular weight is 445 g/mol. The molecule has 7 rings (SSSR count). The van der Waals surface area contributed by atoms with Gasteiger partial charge in [0.05, 0.1) is 15.9 Å². The van der Waals surface area contributed by atoms with Crippen molar-refractivity contribution in [1.29, 1.82) is 0 Å². The number of pyridine rings is 1. The summed E-state index contributed by atoms with van der Waals surface area (Å²) >= 11 is 1.42. The minimum Gasteiger partial charge on any atom is -0.375 e. The normalized spacial score (nSPS) is 29.4. The Bertz CT molecular complexity index is 1230. The maximum atomic E-state index is 13.2. The zero-order valence-electron chi connectivity index (χ0n) is 17.6. The Balaban J connectivity index is 1.28. The van der Waals surface area contributed by atoms with Gasteiger partial charge in [-0.25, -0.2) is 4.98 Å². The Kier molecular flexibility index (Phi) is 4.84. The number of aromatic nitrogens is 2. The van der Waals surface area contributed by atoms with Gasteiger partial charge in [0, 0.05) is 30.4 Å². The fraction of sp³-hybridized carbons (Fsp3) is 0.375. The minimum absolute atomic E-state index is 0.00316. The molecule has 1 aromatic carbocycles. The molecule has 32 heavy (non-hydrogen) atoms. The summed E-state index contributed by atoms with van der Waals surface area (Å²) in [5.74, 6) is 0.784. The Morgan fingerprint density at radius 3 is 2.84 bits per heavy atom. The van der Waals surface area contributed by atoms with Crippen molar-refractivity contribution >= 4 is 32.5 Å². The molecule has 3 saturated heterocycles. The van der Waals surface area contributed by atoms with Crippen molar-refractivity contribution in [2.45, 2.75) is 31.3 Å². The molecule has 0 aliphatic carbocycles. The maximum Gasteiger partial charge on any atom is 0.188 e. The number of piperidine rings is 3. The van der Waals surface area contributed by atoms with Crippen molar-refractivity contribution in [2.24, 2.45) is 22.1 Å². The summed E-state index contributed by atoms with van der Waals surface area (Å²) in [5, 5.41) is 9.67. The van der Waals surface area contributed by atoms with E-state index >= 15 is 0 Å². The van der Waals surface area contributed by atoms with Gasteiger partial charge in [0.15, 0.2) is 17.0 Å². The van der Waals surface area contributed by atoms with E-state index in [1.165, 1.54) is 16.9 Å². The van der Waals surface area contributed by atoms with E-state index in [4.69, 9.17) is 5.73 Å².